The first kappa shape index (κ1) is 33.9. The summed E-state index contributed by atoms with van der Waals surface area (Å²) >= 11 is 0. The van der Waals surface area contributed by atoms with Gasteiger partial charge in [0.2, 0.25) is 15.9 Å². The van der Waals surface area contributed by atoms with Crippen LogP contribution in [0, 0.1) is 25.7 Å². The molecule has 3 fully saturated rings. The van der Waals surface area contributed by atoms with E-state index in [2.05, 4.69) is 40.5 Å². The zero-order valence-electron chi connectivity index (χ0n) is 27.2. The molecule has 45 heavy (non-hydrogen) atoms. The van der Waals surface area contributed by atoms with Crippen molar-refractivity contribution < 1.29 is 27.4 Å². The summed E-state index contributed by atoms with van der Waals surface area (Å²) in [6.45, 7) is 8.40. The van der Waals surface area contributed by atoms with Crippen molar-refractivity contribution in [3.63, 3.8) is 0 Å². The van der Waals surface area contributed by atoms with E-state index in [0.717, 1.165) is 64.8 Å². The van der Waals surface area contributed by atoms with Crippen LogP contribution in [0.1, 0.15) is 67.7 Å². The zero-order valence-corrected chi connectivity index (χ0v) is 28.0. The van der Waals surface area contributed by atoms with Gasteiger partial charge in [-0.2, -0.15) is 4.31 Å². The predicted molar refractivity (Wildman–Crippen MR) is 175 cm³/mol. The first-order chi connectivity index (χ1) is 21.8. The molecule has 1 amide bonds. The minimum Gasteiger partial charge on any atom is -0.497 e. The van der Waals surface area contributed by atoms with Crippen molar-refractivity contribution in [3.05, 3.63) is 59.2 Å². The Bertz CT molecular complexity index is 1330. The van der Waals surface area contributed by atoms with Crippen molar-refractivity contribution in [3.8, 4) is 5.75 Å². The molecule has 5 rings (SSSR count). The van der Waals surface area contributed by atoms with Gasteiger partial charge in [0, 0.05) is 38.3 Å². The van der Waals surface area contributed by atoms with Crippen LogP contribution in [0.5, 0.6) is 5.75 Å². The average Bonchev–Trinajstić information content (AvgIpc) is 3.05. The summed E-state index contributed by atoms with van der Waals surface area (Å²) in [5, 5.41) is 3.09. The maximum Gasteiger partial charge on any atom is 0.246 e. The second-order valence-electron chi connectivity index (χ2n) is 13.0. The standard InChI is InChI=1S/C35H51N3O6S/c1-26-21-32(42-3)22-27(2)35(26)45(40,41)38-16-8-7-11-31(38)24-44-25-33(39)36-23-28-12-14-30(15-13-28)34(29-9-5-4-6-10-29)37-17-19-43-20-18-37/h4-6,9-10,21-22,28,30-31,34H,7-8,11-20,23-25H2,1-3H3,(H,36,39). The second-order valence-corrected chi connectivity index (χ2v) is 14.8. The fourth-order valence-corrected chi connectivity index (χ4v) is 9.70. The summed E-state index contributed by atoms with van der Waals surface area (Å²) in [6.07, 6.45) is 6.95. The largest absolute Gasteiger partial charge is 0.497 e. The lowest BCUT2D eigenvalue weighted by Crippen LogP contribution is -2.46. The molecule has 10 heteroatoms. The molecule has 2 aliphatic heterocycles. The van der Waals surface area contributed by atoms with Crippen LogP contribution in [0.4, 0.5) is 0 Å². The number of nitrogens with zero attached hydrogens (tertiary/aromatic N) is 2. The summed E-state index contributed by atoms with van der Waals surface area (Å²) in [4.78, 5) is 15.7. The van der Waals surface area contributed by atoms with E-state index >= 15 is 0 Å². The van der Waals surface area contributed by atoms with Crippen LogP contribution in [0.2, 0.25) is 0 Å². The fraction of sp³-hybridized carbons (Fsp3) is 0.629. The van der Waals surface area contributed by atoms with Crippen LogP contribution in [-0.2, 0) is 24.3 Å². The minimum absolute atomic E-state index is 0.0621. The number of carbonyl (C=O) groups is 1. The first-order valence-electron chi connectivity index (χ1n) is 16.7. The van der Waals surface area contributed by atoms with Crippen molar-refractivity contribution in [2.75, 3.05) is 59.7 Å². The van der Waals surface area contributed by atoms with Gasteiger partial charge in [-0.3, -0.25) is 9.69 Å². The van der Waals surface area contributed by atoms with E-state index in [9.17, 15) is 13.2 Å². The number of hydrogen-bond donors (Lipinski definition) is 1. The third kappa shape index (κ3) is 8.46. The average molecular weight is 642 g/mol. The Balaban J connectivity index is 1.08. The number of morpholine rings is 1. The number of carbonyl (C=O) groups excluding carboxylic acids is 1. The van der Waals surface area contributed by atoms with Gasteiger partial charge >= 0.3 is 0 Å². The third-order valence-electron chi connectivity index (χ3n) is 9.86. The van der Waals surface area contributed by atoms with Gasteiger partial charge in [-0.25, -0.2) is 8.42 Å². The van der Waals surface area contributed by atoms with Crippen LogP contribution in [0.15, 0.2) is 47.4 Å². The molecule has 1 saturated carbocycles. The van der Waals surface area contributed by atoms with E-state index in [4.69, 9.17) is 14.2 Å². The molecule has 248 valence electrons. The van der Waals surface area contributed by atoms with Gasteiger partial charge in [0.05, 0.1) is 31.8 Å². The topological polar surface area (TPSA) is 97.4 Å². The Morgan fingerprint density at radius 1 is 0.978 bits per heavy atom. The quantitative estimate of drug-likeness (QED) is 0.353. The zero-order chi connectivity index (χ0) is 31.8. The van der Waals surface area contributed by atoms with E-state index in [1.54, 1.807) is 37.4 Å². The molecular weight excluding hydrogens is 590 g/mol. The normalized spacial score (nSPS) is 24.2. The number of hydrogen-bond acceptors (Lipinski definition) is 7. The highest BCUT2D eigenvalue weighted by Crippen LogP contribution is 2.40. The summed E-state index contributed by atoms with van der Waals surface area (Å²) in [6, 6.07) is 14.5. The van der Waals surface area contributed by atoms with Crippen molar-refractivity contribution in [2.45, 2.75) is 75.8 Å². The molecular formula is C35H51N3O6S. The maximum atomic E-state index is 13.8. The lowest BCUT2D eigenvalue weighted by atomic mass is 9.76. The van der Waals surface area contributed by atoms with E-state index in [1.807, 2.05) is 0 Å². The lowest BCUT2D eigenvalue weighted by Gasteiger charge is -2.42. The summed E-state index contributed by atoms with van der Waals surface area (Å²) in [7, 11) is -2.14. The number of ether oxygens (including phenoxy) is 3. The highest BCUT2D eigenvalue weighted by atomic mass is 32.2. The summed E-state index contributed by atoms with van der Waals surface area (Å²) in [5.74, 6) is 1.56. The molecule has 2 aromatic rings. The Labute approximate surface area is 269 Å². The molecule has 0 spiro atoms. The highest BCUT2D eigenvalue weighted by molar-refractivity contribution is 7.89. The molecule has 2 atom stereocenters. The number of aryl methyl sites for hydroxylation is 2. The van der Waals surface area contributed by atoms with Crippen LogP contribution in [0.25, 0.3) is 0 Å². The number of nitrogens with one attached hydrogen (secondary N) is 1. The van der Waals surface area contributed by atoms with Crippen molar-refractivity contribution >= 4 is 15.9 Å². The molecule has 2 unspecified atom stereocenters. The Morgan fingerprint density at radius 3 is 2.33 bits per heavy atom. The minimum atomic E-state index is -3.72. The van der Waals surface area contributed by atoms with Crippen LogP contribution >= 0.6 is 0 Å². The SMILES string of the molecule is COc1cc(C)c(S(=O)(=O)N2CCCCC2COCC(=O)NCC2CCC(C(c3ccccc3)N3CCOCC3)CC2)c(C)c1. The number of benzene rings is 2. The molecule has 2 heterocycles. The number of amides is 1. The van der Waals surface area contributed by atoms with Gasteiger partial charge < -0.3 is 19.5 Å². The molecule has 9 nitrogen and oxygen atoms in total. The van der Waals surface area contributed by atoms with Gasteiger partial charge in [-0.05, 0) is 93.0 Å². The molecule has 3 aliphatic rings. The predicted octanol–water partition coefficient (Wildman–Crippen LogP) is 4.87. The van der Waals surface area contributed by atoms with Gasteiger partial charge in [-0.1, -0.05) is 36.8 Å². The van der Waals surface area contributed by atoms with Gasteiger partial charge in [0.1, 0.15) is 12.4 Å². The van der Waals surface area contributed by atoms with Crippen molar-refractivity contribution in [1.82, 2.24) is 14.5 Å². The van der Waals surface area contributed by atoms with E-state index in [1.165, 1.54) is 5.56 Å². The maximum absolute atomic E-state index is 13.8. The summed E-state index contributed by atoms with van der Waals surface area (Å²) < 4.78 is 46.0. The van der Waals surface area contributed by atoms with Crippen molar-refractivity contribution in [2.24, 2.45) is 11.8 Å². The summed E-state index contributed by atoms with van der Waals surface area (Å²) in [5.41, 5.74) is 2.73. The van der Waals surface area contributed by atoms with Gasteiger partial charge in [0.15, 0.2) is 0 Å². The van der Waals surface area contributed by atoms with Gasteiger partial charge in [0.25, 0.3) is 0 Å². The molecule has 0 aromatic heterocycles. The first-order valence-corrected chi connectivity index (χ1v) is 18.1. The van der Waals surface area contributed by atoms with Crippen LogP contribution < -0.4 is 10.1 Å². The Kier molecular flexibility index (Phi) is 11.9. The molecule has 1 aliphatic carbocycles. The molecule has 0 bridgehead atoms. The lowest BCUT2D eigenvalue weighted by molar-refractivity contribution is -0.126. The number of piperidine rings is 1. The smallest absolute Gasteiger partial charge is 0.246 e. The molecule has 1 N–H and O–H groups in total. The van der Waals surface area contributed by atoms with E-state index in [-0.39, 0.29) is 25.2 Å². The number of rotatable bonds is 12. The highest BCUT2D eigenvalue weighted by Gasteiger charge is 2.36. The molecule has 2 saturated heterocycles. The van der Waals surface area contributed by atoms with E-state index in [0.29, 0.717) is 59.2 Å². The van der Waals surface area contributed by atoms with E-state index < -0.39 is 10.0 Å². The van der Waals surface area contributed by atoms with Crippen molar-refractivity contribution in [1.29, 1.82) is 0 Å². The van der Waals surface area contributed by atoms with Crippen LogP contribution in [0.3, 0.4) is 0 Å². The fourth-order valence-electron chi connectivity index (χ4n) is 7.60. The second kappa shape index (κ2) is 15.9. The van der Waals surface area contributed by atoms with Gasteiger partial charge in [-0.15, -0.1) is 0 Å². The molecule has 2 aromatic carbocycles. The van der Waals surface area contributed by atoms with Crippen LogP contribution in [-0.4, -0.2) is 89.3 Å². The monoisotopic (exact) mass is 641 g/mol. The third-order valence-corrected chi connectivity index (χ3v) is 12.1. The number of sulfonamides is 1. The Morgan fingerprint density at radius 2 is 1.67 bits per heavy atom. The molecule has 0 radical (unpaired) electrons. The number of methoxy groups -OCH3 is 1. The Hall–Kier alpha value is -2.50.